The van der Waals surface area contributed by atoms with Gasteiger partial charge in [-0.2, -0.15) is 0 Å². The van der Waals surface area contributed by atoms with E-state index in [-0.39, 0.29) is 11.2 Å². The molecule has 1 aromatic carbocycles. The lowest BCUT2D eigenvalue weighted by Crippen LogP contribution is -2.23. The Morgan fingerprint density at radius 1 is 1.27 bits per heavy atom. The van der Waals surface area contributed by atoms with Crippen molar-refractivity contribution in [3.8, 4) is 0 Å². The number of carbonyl (C=O) groups is 1. The van der Waals surface area contributed by atoms with Gasteiger partial charge in [0.05, 0.1) is 5.25 Å². The Morgan fingerprint density at radius 2 is 2.00 bits per heavy atom. The van der Waals surface area contributed by atoms with Gasteiger partial charge in [0.25, 0.3) is 0 Å². The lowest BCUT2D eigenvalue weighted by atomic mass is 9.97. The van der Waals surface area contributed by atoms with E-state index >= 15 is 0 Å². The molecule has 26 heavy (non-hydrogen) atoms. The molecule has 1 heterocycles. The summed E-state index contributed by atoms with van der Waals surface area (Å²) in [7, 11) is 0. The van der Waals surface area contributed by atoms with Gasteiger partial charge in [-0.05, 0) is 50.7 Å². The van der Waals surface area contributed by atoms with E-state index in [4.69, 9.17) is 0 Å². The van der Waals surface area contributed by atoms with Gasteiger partial charge in [0.2, 0.25) is 5.91 Å². The van der Waals surface area contributed by atoms with Crippen molar-refractivity contribution in [2.75, 3.05) is 5.32 Å². The predicted octanol–water partition coefficient (Wildman–Crippen LogP) is 4.81. The van der Waals surface area contributed by atoms with E-state index in [1.807, 2.05) is 25.1 Å². The number of rotatable bonds is 8. The number of para-hydroxylation sites is 1. The van der Waals surface area contributed by atoms with Gasteiger partial charge in [0.15, 0.2) is 5.16 Å². The Balaban J connectivity index is 1.69. The minimum atomic E-state index is -0.235. The summed E-state index contributed by atoms with van der Waals surface area (Å²) in [5.74, 6) is 2.05. The van der Waals surface area contributed by atoms with Crippen LogP contribution in [0.25, 0.3) is 0 Å². The summed E-state index contributed by atoms with van der Waals surface area (Å²) < 4.78 is 2.15. The molecular formula is C20H28N4OS. The summed E-state index contributed by atoms with van der Waals surface area (Å²) in [4.78, 5) is 12.7. The lowest BCUT2D eigenvalue weighted by molar-refractivity contribution is -0.115. The average Bonchev–Trinajstić information content (AvgIpc) is 3.42. The van der Waals surface area contributed by atoms with E-state index in [1.54, 1.807) is 0 Å². The first-order valence-electron chi connectivity index (χ1n) is 9.54. The molecule has 5 nitrogen and oxygen atoms in total. The summed E-state index contributed by atoms with van der Waals surface area (Å²) in [6, 6.07) is 8.07. The van der Waals surface area contributed by atoms with E-state index in [1.165, 1.54) is 30.2 Å². The molecule has 1 aromatic heterocycles. The number of hydrogen-bond donors (Lipinski definition) is 1. The maximum Gasteiger partial charge on any atom is 0.237 e. The van der Waals surface area contributed by atoms with Crippen molar-refractivity contribution in [2.45, 2.75) is 75.7 Å². The van der Waals surface area contributed by atoms with E-state index in [9.17, 15) is 4.79 Å². The first-order chi connectivity index (χ1) is 12.5. The Bertz CT molecular complexity index is 769. The highest BCUT2D eigenvalue weighted by molar-refractivity contribution is 8.00. The van der Waals surface area contributed by atoms with Gasteiger partial charge in [0, 0.05) is 18.2 Å². The third-order valence-corrected chi connectivity index (χ3v) is 6.10. The van der Waals surface area contributed by atoms with Crippen LogP contribution in [-0.4, -0.2) is 25.9 Å². The molecule has 1 amide bonds. The topological polar surface area (TPSA) is 59.8 Å². The van der Waals surface area contributed by atoms with E-state index in [2.05, 4.69) is 46.9 Å². The molecule has 0 unspecified atom stereocenters. The van der Waals surface area contributed by atoms with Crippen LogP contribution < -0.4 is 5.32 Å². The molecule has 0 bridgehead atoms. The van der Waals surface area contributed by atoms with Crippen molar-refractivity contribution in [1.29, 1.82) is 0 Å². The predicted molar refractivity (Wildman–Crippen MR) is 107 cm³/mol. The zero-order valence-corrected chi connectivity index (χ0v) is 16.8. The monoisotopic (exact) mass is 372 g/mol. The smallest absolute Gasteiger partial charge is 0.237 e. The highest BCUT2D eigenvalue weighted by Gasteiger charge is 2.30. The Labute approximate surface area is 160 Å². The molecule has 1 aliphatic rings. The zero-order chi connectivity index (χ0) is 18.7. The number of aromatic nitrogens is 3. The Hall–Kier alpha value is -1.82. The average molecular weight is 373 g/mol. The molecule has 2 aromatic rings. The molecule has 0 saturated heterocycles. The van der Waals surface area contributed by atoms with Crippen LogP contribution in [0.5, 0.6) is 0 Å². The number of nitrogens with zero attached hydrogens (tertiary/aromatic N) is 3. The SMILES string of the molecule is CC[C@@H](C)c1ccccc1NC(=O)[C@@H](C)Sc1nnc(C2CC2)n1CC. The second kappa shape index (κ2) is 8.25. The van der Waals surface area contributed by atoms with Crippen LogP contribution in [0.15, 0.2) is 29.4 Å². The fourth-order valence-electron chi connectivity index (χ4n) is 3.03. The van der Waals surface area contributed by atoms with Gasteiger partial charge in [0.1, 0.15) is 5.82 Å². The van der Waals surface area contributed by atoms with Gasteiger partial charge in [-0.1, -0.05) is 43.8 Å². The van der Waals surface area contributed by atoms with E-state index in [0.717, 1.165) is 29.6 Å². The van der Waals surface area contributed by atoms with Gasteiger partial charge in [-0.3, -0.25) is 4.79 Å². The summed E-state index contributed by atoms with van der Waals surface area (Å²) >= 11 is 1.49. The Morgan fingerprint density at radius 3 is 2.65 bits per heavy atom. The molecule has 0 spiro atoms. The third-order valence-electron chi connectivity index (χ3n) is 5.02. The van der Waals surface area contributed by atoms with Gasteiger partial charge in [-0.25, -0.2) is 0 Å². The van der Waals surface area contributed by atoms with Crippen LogP contribution in [0.1, 0.15) is 70.2 Å². The van der Waals surface area contributed by atoms with Crippen molar-refractivity contribution in [3.05, 3.63) is 35.7 Å². The molecular weight excluding hydrogens is 344 g/mol. The van der Waals surface area contributed by atoms with Gasteiger partial charge >= 0.3 is 0 Å². The number of hydrogen-bond acceptors (Lipinski definition) is 4. The number of thioether (sulfide) groups is 1. The normalized spacial score (nSPS) is 16.3. The highest BCUT2D eigenvalue weighted by atomic mass is 32.2. The zero-order valence-electron chi connectivity index (χ0n) is 16.0. The maximum absolute atomic E-state index is 12.7. The standard InChI is InChI=1S/C20H28N4OS/c1-5-13(3)16-9-7-8-10-17(16)21-19(25)14(4)26-20-23-22-18(15-11-12-15)24(20)6-2/h7-10,13-15H,5-6,11-12H2,1-4H3,(H,21,25)/t13-,14-/m1/s1. The minimum absolute atomic E-state index is 0.00405. The number of benzene rings is 1. The molecule has 1 N–H and O–H groups in total. The lowest BCUT2D eigenvalue weighted by Gasteiger charge is -2.17. The first kappa shape index (κ1) is 19.0. The maximum atomic E-state index is 12.7. The number of anilines is 1. The van der Waals surface area contributed by atoms with Gasteiger partial charge in [-0.15, -0.1) is 10.2 Å². The summed E-state index contributed by atoms with van der Waals surface area (Å²) in [6.07, 6.45) is 3.44. The third kappa shape index (κ3) is 4.11. The van der Waals surface area contributed by atoms with E-state index < -0.39 is 0 Å². The first-order valence-corrected chi connectivity index (χ1v) is 10.4. The fourth-order valence-corrected chi connectivity index (χ4v) is 3.95. The van der Waals surface area contributed by atoms with Crippen molar-refractivity contribution in [1.82, 2.24) is 14.8 Å². The molecule has 0 aliphatic heterocycles. The fraction of sp³-hybridized carbons (Fsp3) is 0.550. The largest absolute Gasteiger partial charge is 0.325 e. The van der Waals surface area contributed by atoms with Gasteiger partial charge < -0.3 is 9.88 Å². The van der Waals surface area contributed by atoms with Crippen LogP contribution >= 0.6 is 11.8 Å². The minimum Gasteiger partial charge on any atom is -0.325 e. The molecule has 6 heteroatoms. The van der Waals surface area contributed by atoms with Crippen LogP contribution in [0, 0.1) is 0 Å². The second-order valence-corrected chi connectivity index (χ2v) is 8.31. The summed E-state index contributed by atoms with van der Waals surface area (Å²) in [6.45, 7) is 9.22. The van der Waals surface area contributed by atoms with Crippen LogP contribution in [0.2, 0.25) is 0 Å². The van der Waals surface area contributed by atoms with E-state index in [0.29, 0.717) is 11.8 Å². The van der Waals surface area contributed by atoms with Crippen molar-refractivity contribution < 1.29 is 4.79 Å². The van der Waals surface area contributed by atoms with Crippen LogP contribution in [-0.2, 0) is 11.3 Å². The molecule has 0 radical (unpaired) electrons. The molecule has 1 aliphatic carbocycles. The number of nitrogens with one attached hydrogen (secondary N) is 1. The molecule has 3 rings (SSSR count). The van der Waals surface area contributed by atoms with Crippen molar-refractivity contribution >= 4 is 23.4 Å². The molecule has 2 atom stereocenters. The molecule has 1 saturated carbocycles. The Kier molecular flexibility index (Phi) is 6.01. The van der Waals surface area contributed by atoms with Crippen LogP contribution in [0.3, 0.4) is 0 Å². The van der Waals surface area contributed by atoms with Crippen LogP contribution in [0.4, 0.5) is 5.69 Å². The van der Waals surface area contributed by atoms with Crippen molar-refractivity contribution in [3.63, 3.8) is 0 Å². The number of carbonyl (C=O) groups excluding carboxylic acids is 1. The quantitative estimate of drug-likeness (QED) is 0.676. The summed E-state index contributed by atoms with van der Waals surface area (Å²) in [5.41, 5.74) is 2.10. The summed E-state index contributed by atoms with van der Waals surface area (Å²) in [5, 5.41) is 12.4. The highest BCUT2D eigenvalue weighted by Crippen LogP contribution is 2.40. The molecule has 140 valence electrons. The number of amides is 1. The van der Waals surface area contributed by atoms with Crippen molar-refractivity contribution in [2.24, 2.45) is 0 Å². The second-order valence-electron chi connectivity index (χ2n) is 7.01. The molecule has 1 fully saturated rings.